The van der Waals surface area contributed by atoms with Crippen molar-refractivity contribution in [1.29, 1.82) is 0 Å². The summed E-state index contributed by atoms with van der Waals surface area (Å²) in [5.74, 6) is 0.218. The molecule has 1 fully saturated rings. The Kier molecular flexibility index (Phi) is 9.19. The first-order chi connectivity index (χ1) is 20.4. The minimum Gasteiger partial charge on any atom is -0.507 e. The number of ether oxygens (including phenoxy) is 2. The number of carbonyl (C=O) groups is 2. The van der Waals surface area contributed by atoms with Gasteiger partial charge in [-0.05, 0) is 47.7 Å². The van der Waals surface area contributed by atoms with Gasteiger partial charge in [0.15, 0.2) is 15.8 Å². The molecule has 0 bridgehead atoms. The fourth-order valence-electron chi connectivity index (χ4n) is 4.47. The van der Waals surface area contributed by atoms with Crippen LogP contribution in [0.15, 0.2) is 83.0 Å². The molecule has 2 aromatic heterocycles. The normalized spacial score (nSPS) is 16.3. The lowest BCUT2D eigenvalue weighted by Gasteiger charge is -2.23. The molecule has 2 aromatic carbocycles. The third kappa shape index (κ3) is 6.32. The number of ketones is 1. The van der Waals surface area contributed by atoms with Crippen molar-refractivity contribution < 1.29 is 24.2 Å². The number of aromatic nitrogens is 3. The number of Topliss-reactive ketones (excluding diaryl/α,β-unsaturated/α-hetero) is 1. The van der Waals surface area contributed by atoms with Crippen LogP contribution >= 0.6 is 23.1 Å². The zero-order chi connectivity index (χ0) is 29.6. The Hall–Kier alpha value is -4.22. The highest BCUT2D eigenvalue weighted by molar-refractivity contribution is 8.00. The summed E-state index contributed by atoms with van der Waals surface area (Å²) < 4.78 is 12.2. The second kappa shape index (κ2) is 13.2. The Bertz CT molecular complexity index is 1590. The van der Waals surface area contributed by atoms with E-state index in [9.17, 15) is 14.7 Å². The van der Waals surface area contributed by atoms with Crippen LogP contribution in [0.3, 0.4) is 0 Å². The summed E-state index contributed by atoms with van der Waals surface area (Å²) in [5, 5.41) is 20.1. The number of methoxy groups -OCH3 is 1. The van der Waals surface area contributed by atoms with Gasteiger partial charge in [0.25, 0.3) is 5.78 Å². The van der Waals surface area contributed by atoms with Gasteiger partial charge < -0.3 is 14.6 Å². The Morgan fingerprint density at radius 3 is 2.52 bits per heavy atom. The van der Waals surface area contributed by atoms with Crippen LogP contribution in [0.5, 0.6) is 11.5 Å². The predicted molar refractivity (Wildman–Crippen MR) is 163 cm³/mol. The summed E-state index contributed by atoms with van der Waals surface area (Å²) in [6.45, 7) is 4.76. The molecule has 0 aliphatic carbocycles. The number of amides is 1. The van der Waals surface area contributed by atoms with Crippen LogP contribution in [0.2, 0.25) is 0 Å². The fourth-order valence-corrected chi connectivity index (χ4v) is 6.29. The summed E-state index contributed by atoms with van der Waals surface area (Å²) in [4.78, 5) is 32.3. The van der Waals surface area contributed by atoms with E-state index in [1.165, 1.54) is 47.5 Å². The molecule has 9 nitrogen and oxygen atoms in total. The van der Waals surface area contributed by atoms with Crippen molar-refractivity contribution >= 4 is 45.7 Å². The van der Waals surface area contributed by atoms with Crippen molar-refractivity contribution in [2.75, 3.05) is 18.6 Å². The second-order valence-electron chi connectivity index (χ2n) is 9.97. The summed E-state index contributed by atoms with van der Waals surface area (Å²) >= 11 is 2.70. The Morgan fingerprint density at radius 2 is 1.81 bits per heavy atom. The van der Waals surface area contributed by atoms with E-state index in [-0.39, 0.29) is 16.5 Å². The van der Waals surface area contributed by atoms with Crippen LogP contribution in [0, 0.1) is 5.92 Å². The molecule has 1 aliphatic rings. The number of rotatable bonds is 11. The number of nitrogens with zero attached hydrogens (tertiary/aromatic N) is 4. The fraction of sp³-hybridized carbons (Fsp3) is 0.258. The predicted octanol–water partition coefficient (Wildman–Crippen LogP) is 6.29. The van der Waals surface area contributed by atoms with Gasteiger partial charge in [-0.2, -0.15) is 0 Å². The average Bonchev–Trinajstić information content (AvgIpc) is 3.58. The smallest absolute Gasteiger partial charge is 0.301 e. The van der Waals surface area contributed by atoms with E-state index in [0.29, 0.717) is 45.2 Å². The van der Waals surface area contributed by atoms with E-state index in [1.54, 1.807) is 30.3 Å². The van der Waals surface area contributed by atoms with Gasteiger partial charge in [-0.3, -0.25) is 19.5 Å². The maximum Gasteiger partial charge on any atom is 0.301 e. The molecule has 1 unspecified atom stereocenters. The number of pyridine rings is 1. The third-order valence-corrected chi connectivity index (χ3v) is 8.79. The molecule has 1 saturated heterocycles. The van der Waals surface area contributed by atoms with E-state index in [1.807, 2.05) is 30.3 Å². The molecule has 0 radical (unpaired) electrons. The first-order valence-electron chi connectivity index (χ1n) is 13.4. The molecule has 216 valence electrons. The third-order valence-electron chi connectivity index (χ3n) is 6.66. The lowest BCUT2D eigenvalue weighted by molar-refractivity contribution is -0.132. The largest absolute Gasteiger partial charge is 0.507 e. The molecule has 1 amide bonds. The molecule has 42 heavy (non-hydrogen) atoms. The van der Waals surface area contributed by atoms with Crippen molar-refractivity contribution in [1.82, 2.24) is 15.2 Å². The van der Waals surface area contributed by atoms with Crippen LogP contribution < -0.4 is 14.4 Å². The monoisotopic (exact) mass is 602 g/mol. The van der Waals surface area contributed by atoms with E-state index in [2.05, 4.69) is 29.0 Å². The Labute approximate surface area is 252 Å². The highest BCUT2D eigenvalue weighted by Crippen LogP contribution is 2.45. The minimum absolute atomic E-state index is 0.0598. The zero-order valence-corrected chi connectivity index (χ0v) is 25.0. The van der Waals surface area contributed by atoms with Crippen molar-refractivity contribution in [2.24, 2.45) is 5.92 Å². The highest BCUT2D eigenvalue weighted by Gasteiger charge is 2.48. The molecule has 11 heteroatoms. The number of aliphatic hydroxyl groups is 1. The van der Waals surface area contributed by atoms with E-state index >= 15 is 0 Å². The maximum absolute atomic E-state index is 13.5. The molecular formula is C31H30N4O5S2. The van der Waals surface area contributed by atoms with Crippen LogP contribution in [0.4, 0.5) is 5.13 Å². The minimum atomic E-state index is -0.975. The number of thioether (sulfide) groups is 1. The summed E-state index contributed by atoms with van der Waals surface area (Å²) in [7, 11) is 1.53. The van der Waals surface area contributed by atoms with Gasteiger partial charge >= 0.3 is 5.91 Å². The van der Waals surface area contributed by atoms with Gasteiger partial charge in [0.2, 0.25) is 5.13 Å². The second-order valence-corrected chi connectivity index (χ2v) is 12.1. The van der Waals surface area contributed by atoms with Crippen molar-refractivity contribution in [3.63, 3.8) is 0 Å². The lowest BCUT2D eigenvalue weighted by atomic mass is 9.95. The van der Waals surface area contributed by atoms with E-state index in [0.717, 1.165) is 12.0 Å². The van der Waals surface area contributed by atoms with Crippen molar-refractivity contribution in [3.05, 3.63) is 95.3 Å². The standard InChI is InChI=1S/C31H30N4O5S2/c1-19(2)13-16-40-23-10-9-22(17-24(23)39-3)26-25(27(36)21-11-14-32-15-12-21)28(37)29(38)35(26)30-33-34-31(42-30)41-18-20-7-5-4-6-8-20/h4-12,14-15,17,19,26,36H,13,16,18H2,1-3H3. The molecular weight excluding hydrogens is 572 g/mol. The number of carbonyl (C=O) groups excluding carboxylic acids is 2. The molecule has 0 saturated carbocycles. The van der Waals surface area contributed by atoms with Gasteiger partial charge in [0.05, 0.1) is 25.3 Å². The number of aliphatic hydroxyl groups excluding tert-OH is 1. The first kappa shape index (κ1) is 29.3. The molecule has 0 spiro atoms. The molecule has 1 N–H and O–H groups in total. The maximum atomic E-state index is 13.5. The van der Waals surface area contributed by atoms with Gasteiger partial charge in [-0.1, -0.05) is 73.3 Å². The number of hydrogen-bond acceptors (Lipinski definition) is 10. The highest BCUT2D eigenvalue weighted by atomic mass is 32.2. The molecule has 5 rings (SSSR count). The van der Waals surface area contributed by atoms with Crippen LogP contribution in [0.1, 0.15) is 43.0 Å². The van der Waals surface area contributed by atoms with Crippen molar-refractivity contribution in [2.45, 2.75) is 36.4 Å². The number of benzene rings is 2. The van der Waals surface area contributed by atoms with Gasteiger partial charge in [-0.15, -0.1) is 10.2 Å². The Balaban J connectivity index is 1.54. The van der Waals surface area contributed by atoms with Crippen molar-refractivity contribution in [3.8, 4) is 11.5 Å². The number of hydrogen-bond donors (Lipinski definition) is 1. The molecule has 1 aliphatic heterocycles. The van der Waals surface area contributed by atoms with E-state index in [4.69, 9.17) is 9.47 Å². The molecule has 4 aromatic rings. The summed E-state index contributed by atoms with van der Waals surface area (Å²) in [6.07, 6.45) is 3.89. The number of anilines is 1. The average molecular weight is 603 g/mol. The molecule has 3 heterocycles. The van der Waals surface area contributed by atoms with Crippen LogP contribution in [0.25, 0.3) is 5.76 Å². The quantitative estimate of drug-likeness (QED) is 0.0696. The van der Waals surface area contributed by atoms with Crippen LogP contribution in [-0.2, 0) is 15.3 Å². The Morgan fingerprint density at radius 1 is 1.05 bits per heavy atom. The van der Waals surface area contributed by atoms with Crippen LogP contribution in [-0.4, -0.2) is 45.7 Å². The van der Waals surface area contributed by atoms with Gasteiger partial charge in [0.1, 0.15) is 5.76 Å². The molecule has 1 atom stereocenters. The summed E-state index contributed by atoms with van der Waals surface area (Å²) in [5.41, 5.74) is 1.98. The van der Waals surface area contributed by atoms with E-state index < -0.39 is 17.7 Å². The lowest BCUT2D eigenvalue weighted by Crippen LogP contribution is -2.29. The zero-order valence-electron chi connectivity index (χ0n) is 23.4. The SMILES string of the molecule is COc1cc(C2C(=C(O)c3ccncc3)C(=O)C(=O)N2c2nnc(SCc3ccccc3)s2)ccc1OCCC(C)C. The van der Waals surface area contributed by atoms with Gasteiger partial charge in [0, 0.05) is 23.7 Å². The topological polar surface area (TPSA) is 115 Å². The first-order valence-corrected chi connectivity index (χ1v) is 15.2. The summed E-state index contributed by atoms with van der Waals surface area (Å²) in [6, 6.07) is 17.4. The van der Waals surface area contributed by atoms with Gasteiger partial charge in [-0.25, -0.2) is 0 Å².